The van der Waals surface area contributed by atoms with Gasteiger partial charge in [0.05, 0.1) is 7.11 Å². The molecule has 0 saturated heterocycles. The van der Waals surface area contributed by atoms with E-state index in [2.05, 4.69) is 17.6 Å². The molecule has 2 heterocycles. The number of likely N-dealkylation sites (N-methyl/N-ethyl adjacent to an activating group) is 1. The second kappa shape index (κ2) is 6.76. The number of para-hydroxylation sites is 1. The first kappa shape index (κ1) is 16.1. The van der Waals surface area contributed by atoms with Crippen molar-refractivity contribution in [1.29, 1.82) is 0 Å². The monoisotopic (exact) mass is 323 g/mol. The summed E-state index contributed by atoms with van der Waals surface area (Å²) in [5.74, 6) is 0.745. The molecule has 24 heavy (non-hydrogen) atoms. The van der Waals surface area contributed by atoms with Gasteiger partial charge in [0.2, 0.25) is 0 Å². The zero-order valence-corrected chi connectivity index (χ0v) is 14.1. The van der Waals surface area contributed by atoms with Crippen LogP contribution < -0.4 is 4.90 Å². The first-order valence-corrected chi connectivity index (χ1v) is 7.94. The van der Waals surface area contributed by atoms with Crippen molar-refractivity contribution in [3.05, 3.63) is 66.1 Å². The first-order chi connectivity index (χ1) is 11.7. The van der Waals surface area contributed by atoms with Gasteiger partial charge >= 0.3 is 0 Å². The second-order valence-electron chi connectivity index (χ2n) is 5.46. The fraction of sp³-hybridized carbons (Fsp3) is 0.211. The number of fused-ring (bicyclic) bond motifs is 1. The molecule has 0 bridgehead atoms. The predicted molar refractivity (Wildman–Crippen MR) is 95.7 cm³/mol. The summed E-state index contributed by atoms with van der Waals surface area (Å²) in [5, 5.41) is 1.24. The molecule has 124 valence electrons. The Balaban J connectivity index is 2.19. The number of carbonyl (C=O) groups excluding carboxylic acids is 1. The molecule has 0 N–H and O–H groups in total. The minimum Gasteiger partial charge on any atom is -0.303 e. The Morgan fingerprint density at radius 1 is 1.21 bits per heavy atom. The van der Waals surface area contributed by atoms with Gasteiger partial charge in [-0.2, -0.15) is 0 Å². The fourth-order valence-corrected chi connectivity index (χ4v) is 2.78. The number of anilines is 1. The minimum absolute atomic E-state index is 0.198. The van der Waals surface area contributed by atoms with Crippen LogP contribution >= 0.6 is 0 Å². The Morgan fingerprint density at radius 2 is 1.96 bits per heavy atom. The number of hydrogen-bond donors (Lipinski definition) is 0. The average Bonchev–Trinajstić information content (AvgIpc) is 3.09. The summed E-state index contributed by atoms with van der Waals surface area (Å²) in [6.45, 7) is 2.08. The molecule has 2 aromatic rings. The third kappa shape index (κ3) is 2.74. The van der Waals surface area contributed by atoms with Crippen molar-refractivity contribution in [3.63, 3.8) is 0 Å². The van der Waals surface area contributed by atoms with E-state index in [1.54, 1.807) is 7.05 Å². The normalized spacial score (nSPS) is 15.2. The Kier molecular flexibility index (Phi) is 4.53. The molecule has 1 amide bonds. The van der Waals surface area contributed by atoms with Crippen LogP contribution in [-0.4, -0.2) is 29.7 Å². The van der Waals surface area contributed by atoms with E-state index in [9.17, 15) is 4.79 Å². The van der Waals surface area contributed by atoms with Gasteiger partial charge in [0.25, 0.3) is 5.91 Å². The highest BCUT2D eigenvalue weighted by molar-refractivity contribution is 6.05. The summed E-state index contributed by atoms with van der Waals surface area (Å²) in [6, 6.07) is 13.8. The van der Waals surface area contributed by atoms with Gasteiger partial charge in [0.1, 0.15) is 11.5 Å². The van der Waals surface area contributed by atoms with Gasteiger partial charge in [0.15, 0.2) is 0 Å². The smallest absolute Gasteiger partial charge is 0.294 e. The summed E-state index contributed by atoms with van der Waals surface area (Å²) >= 11 is 0. The van der Waals surface area contributed by atoms with Gasteiger partial charge in [-0.05, 0) is 42.8 Å². The van der Waals surface area contributed by atoms with Gasteiger partial charge in [0, 0.05) is 24.6 Å². The summed E-state index contributed by atoms with van der Waals surface area (Å²) in [7, 11) is 3.10. The lowest BCUT2D eigenvalue weighted by Gasteiger charge is -2.34. The van der Waals surface area contributed by atoms with Crippen LogP contribution in [0.25, 0.3) is 11.9 Å². The van der Waals surface area contributed by atoms with Crippen LogP contribution in [0.2, 0.25) is 0 Å². The number of aromatic nitrogens is 1. The maximum absolute atomic E-state index is 12.8. The van der Waals surface area contributed by atoms with Crippen LogP contribution in [0.5, 0.6) is 0 Å². The number of benzene rings is 1. The molecule has 1 aliphatic rings. The summed E-state index contributed by atoms with van der Waals surface area (Å²) in [4.78, 5) is 19.9. The highest BCUT2D eigenvalue weighted by atomic mass is 16.7. The molecule has 0 radical (unpaired) electrons. The van der Waals surface area contributed by atoms with Crippen molar-refractivity contribution >= 4 is 23.5 Å². The van der Waals surface area contributed by atoms with Gasteiger partial charge < -0.3 is 4.57 Å². The molecular weight excluding hydrogens is 302 g/mol. The van der Waals surface area contributed by atoms with Crippen molar-refractivity contribution in [2.45, 2.75) is 13.3 Å². The second-order valence-corrected chi connectivity index (χ2v) is 5.46. The molecule has 1 aromatic carbocycles. The molecule has 1 aliphatic heterocycles. The van der Waals surface area contributed by atoms with E-state index in [1.807, 2.05) is 59.6 Å². The standard InChI is InChI=1S/C19H21N3O2/c1-4-9-18-21-13-8-12-16(21)14-17(19(23)20(2)24-3)22(18)15-10-6-5-7-11-15/h5-14H,4H2,1-3H3/b18-9+. The Morgan fingerprint density at radius 3 is 2.62 bits per heavy atom. The quantitative estimate of drug-likeness (QED) is 0.807. The molecular formula is C19H21N3O2. The third-order valence-corrected chi connectivity index (χ3v) is 3.96. The van der Waals surface area contributed by atoms with Gasteiger partial charge in [-0.25, -0.2) is 5.06 Å². The zero-order chi connectivity index (χ0) is 17.1. The number of allylic oxidation sites excluding steroid dienone is 1. The van der Waals surface area contributed by atoms with Crippen molar-refractivity contribution < 1.29 is 9.63 Å². The van der Waals surface area contributed by atoms with Crippen LogP contribution in [0.1, 0.15) is 19.0 Å². The Hall–Kier alpha value is -2.79. The predicted octanol–water partition coefficient (Wildman–Crippen LogP) is 3.58. The van der Waals surface area contributed by atoms with E-state index in [0.717, 1.165) is 23.6 Å². The van der Waals surface area contributed by atoms with Crippen molar-refractivity contribution in [2.75, 3.05) is 19.1 Å². The summed E-state index contributed by atoms with van der Waals surface area (Å²) in [5.41, 5.74) is 2.45. The van der Waals surface area contributed by atoms with E-state index < -0.39 is 0 Å². The molecule has 0 spiro atoms. The van der Waals surface area contributed by atoms with Crippen molar-refractivity contribution in [2.24, 2.45) is 0 Å². The topological polar surface area (TPSA) is 37.7 Å². The average molecular weight is 323 g/mol. The Labute approximate surface area is 142 Å². The molecule has 3 rings (SSSR count). The number of hydrogen-bond acceptors (Lipinski definition) is 3. The van der Waals surface area contributed by atoms with Crippen LogP contribution in [0.4, 0.5) is 5.69 Å². The highest BCUT2D eigenvalue weighted by Gasteiger charge is 2.30. The van der Waals surface area contributed by atoms with Crippen LogP contribution in [0.3, 0.4) is 0 Å². The molecule has 0 aliphatic carbocycles. The molecule has 5 nitrogen and oxygen atoms in total. The number of amides is 1. The minimum atomic E-state index is -0.198. The van der Waals surface area contributed by atoms with Crippen molar-refractivity contribution in [3.8, 4) is 0 Å². The lowest BCUT2D eigenvalue weighted by molar-refractivity contribution is -0.163. The van der Waals surface area contributed by atoms with E-state index in [4.69, 9.17) is 4.84 Å². The molecule has 0 atom stereocenters. The fourth-order valence-electron chi connectivity index (χ4n) is 2.78. The third-order valence-electron chi connectivity index (χ3n) is 3.96. The number of rotatable bonds is 4. The van der Waals surface area contributed by atoms with E-state index in [1.165, 1.54) is 12.2 Å². The lowest BCUT2D eigenvalue weighted by atomic mass is 10.1. The zero-order valence-electron chi connectivity index (χ0n) is 14.1. The largest absolute Gasteiger partial charge is 0.303 e. The number of hydroxylamine groups is 2. The summed E-state index contributed by atoms with van der Waals surface area (Å²) < 4.78 is 2.08. The van der Waals surface area contributed by atoms with Crippen molar-refractivity contribution in [1.82, 2.24) is 9.63 Å². The van der Waals surface area contributed by atoms with Crippen LogP contribution in [0, 0.1) is 0 Å². The maximum atomic E-state index is 12.8. The first-order valence-electron chi connectivity index (χ1n) is 7.94. The van der Waals surface area contributed by atoms with E-state index in [0.29, 0.717) is 5.70 Å². The van der Waals surface area contributed by atoms with Gasteiger partial charge in [-0.15, -0.1) is 0 Å². The van der Waals surface area contributed by atoms with Crippen LogP contribution in [-0.2, 0) is 9.63 Å². The summed E-state index contributed by atoms with van der Waals surface area (Å²) in [6.07, 6.45) is 6.86. The van der Waals surface area contributed by atoms with E-state index >= 15 is 0 Å². The van der Waals surface area contributed by atoms with E-state index in [-0.39, 0.29) is 5.91 Å². The van der Waals surface area contributed by atoms with Gasteiger partial charge in [-0.3, -0.25) is 14.5 Å². The lowest BCUT2D eigenvalue weighted by Crippen LogP contribution is -2.38. The number of carbonyl (C=O) groups is 1. The molecule has 1 aromatic heterocycles. The maximum Gasteiger partial charge on any atom is 0.294 e. The Bertz CT molecular complexity index is 790. The van der Waals surface area contributed by atoms with Crippen LogP contribution in [0.15, 0.2) is 60.4 Å². The molecule has 0 unspecified atom stereocenters. The molecule has 0 saturated carbocycles. The SMILES string of the molecule is CC/C=C1/N(c2ccccc2)C(C(=O)N(C)OC)=Cc2cccn21. The number of nitrogens with zero attached hydrogens (tertiary/aromatic N) is 3. The van der Waals surface area contributed by atoms with Gasteiger partial charge in [-0.1, -0.05) is 25.1 Å². The highest BCUT2D eigenvalue weighted by Crippen LogP contribution is 2.34. The molecule has 5 heteroatoms. The molecule has 0 fully saturated rings.